The summed E-state index contributed by atoms with van der Waals surface area (Å²) in [6.07, 6.45) is 2.00. The predicted molar refractivity (Wildman–Crippen MR) is 113 cm³/mol. The lowest BCUT2D eigenvalue weighted by atomic mass is 10.1. The minimum atomic E-state index is 0.813. The number of benzene rings is 1. The number of ether oxygens (including phenoxy) is 1. The first-order chi connectivity index (χ1) is 13.3. The molecule has 1 N–H and O–H groups in total. The molecule has 6 heteroatoms. The summed E-state index contributed by atoms with van der Waals surface area (Å²) in [5.41, 5.74) is 2.69. The summed E-state index contributed by atoms with van der Waals surface area (Å²) in [4.78, 5) is 9.76. The van der Waals surface area contributed by atoms with E-state index in [4.69, 9.17) is 9.73 Å². The molecule has 0 aliphatic carbocycles. The van der Waals surface area contributed by atoms with Crippen LogP contribution in [0.2, 0.25) is 0 Å². The Morgan fingerprint density at radius 3 is 2.89 bits per heavy atom. The van der Waals surface area contributed by atoms with Crippen LogP contribution in [0, 0.1) is 0 Å². The van der Waals surface area contributed by atoms with Crippen molar-refractivity contribution in [1.82, 2.24) is 10.2 Å². The third-order valence-electron chi connectivity index (χ3n) is 5.15. The van der Waals surface area contributed by atoms with Gasteiger partial charge in [0.05, 0.1) is 11.6 Å². The standard InChI is InChI=1S/C21H28N4OS/c1-2-22-21(25-12-10-24(11-13-25)20-4-3-15-27-20)23-9-7-17-5-6-19-18(16-17)8-14-26-19/h3-6,15-16H,2,7-14H2,1H3,(H,22,23). The Kier molecular flexibility index (Phi) is 5.82. The number of piperazine rings is 1. The van der Waals surface area contributed by atoms with Gasteiger partial charge in [-0.1, -0.05) is 12.1 Å². The van der Waals surface area contributed by atoms with Gasteiger partial charge in [0, 0.05) is 45.7 Å². The van der Waals surface area contributed by atoms with Crippen LogP contribution < -0.4 is 15.0 Å². The fraction of sp³-hybridized carbons (Fsp3) is 0.476. The molecule has 1 aromatic carbocycles. The molecule has 1 saturated heterocycles. The zero-order valence-electron chi connectivity index (χ0n) is 16.0. The van der Waals surface area contributed by atoms with Crippen LogP contribution in [0.15, 0.2) is 40.7 Å². The van der Waals surface area contributed by atoms with Gasteiger partial charge in [-0.25, -0.2) is 0 Å². The number of hydrogen-bond donors (Lipinski definition) is 1. The van der Waals surface area contributed by atoms with E-state index in [9.17, 15) is 0 Å². The minimum Gasteiger partial charge on any atom is -0.493 e. The summed E-state index contributed by atoms with van der Waals surface area (Å²) in [6, 6.07) is 10.9. The molecule has 2 aliphatic rings. The van der Waals surface area contributed by atoms with Crippen molar-refractivity contribution in [3.05, 3.63) is 46.8 Å². The van der Waals surface area contributed by atoms with Gasteiger partial charge in [-0.05, 0) is 48.1 Å². The normalized spacial score (nSPS) is 17.0. The van der Waals surface area contributed by atoms with E-state index in [1.165, 1.54) is 16.1 Å². The lowest BCUT2D eigenvalue weighted by molar-refractivity contribution is 0.357. The fourth-order valence-electron chi connectivity index (χ4n) is 3.70. The molecule has 27 heavy (non-hydrogen) atoms. The van der Waals surface area contributed by atoms with Gasteiger partial charge in [0.2, 0.25) is 0 Å². The summed E-state index contributed by atoms with van der Waals surface area (Å²) < 4.78 is 5.60. The summed E-state index contributed by atoms with van der Waals surface area (Å²) >= 11 is 1.82. The first-order valence-electron chi connectivity index (χ1n) is 9.90. The molecule has 2 aliphatic heterocycles. The number of anilines is 1. The van der Waals surface area contributed by atoms with Gasteiger partial charge < -0.3 is 19.9 Å². The molecule has 1 fully saturated rings. The van der Waals surface area contributed by atoms with Crippen molar-refractivity contribution in [2.45, 2.75) is 19.8 Å². The Hall–Kier alpha value is -2.21. The van der Waals surface area contributed by atoms with Gasteiger partial charge in [-0.2, -0.15) is 0 Å². The molecule has 1 aromatic heterocycles. The highest BCUT2D eigenvalue weighted by atomic mass is 32.1. The predicted octanol–water partition coefficient (Wildman–Crippen LogP) is 3.01. The molecule has 0 radical (unpaired) electrons. The van der Waals surface area contributed by atoms with E-state index >= 15 is 0 Å². The molecule has 0 spiro atoms. The van der Waals surface area contributed by atoms with E-state index in [1.54, 1.807) is 0 Å². The third kappa shape index (κ3) is 4.38. The van der Waals surface area contributed by atoms with E-state index in [1.807, 2.05) is 11.3 Å². The van der Waals surface area contributed by atoms with Crippen molar-refractivity contribution in [3.63, 3.8) is 0 Å². The van der Waals surface area contributed by atoms with Crippen molar-refractivity contribution in [2.75, 3.05) is 50.8 Å². The van der Waals surface area contributed by atoms with Crippen LogP contribution in [0.5, 0.6) is 5.75 Å². The van der Waals surface area contributed by atoms with E-state index in [-0.39, 0.29) is 0 Å². The molecule has 144 valence electrons. The number of rotatable bonds is 5. The Balaban J connectivity index is 1.33. The zero-order valence-corrected chi connectivity index (χ0v) is 16.8. The number of guanidine groups is 1. The Morgan fingerprint density at radius 2 is 2.11 bits per heavy atom. The zero-order chi connectivity index (χ0) is 18.5. The monoisotopic (exact) mass is 384 g/mol. The quantitative estimate of drug-likeness (QED) is 0.635. The molecule has 0 bridgehead atoms. The van der Waals surface area contributed by atoms with Crippen molar-refractivity contribution in [3.8, 4) is 5.75 Å². The highest BCUT2D eigenvalue weighted by Gasteiger charge is 2.20. The van der Waals surface area contributed by atoms with Gasteiger partial charge in [0.1, 0.15) is 5.75 Å². The van der Waals surface area contributed by atoms with Crippen molar-refractivity contribution in [2.24, 2.45) is 4.99 Å². The van der Waals surface area contributed by atoms with Crippen LogP contribution in [0.4, 0.5) is 5.00 Å². The molecular formula is C21H28N4OS. The average molecular weight is 385 g/mol. The smallest absolute Gasteiger partial charge is 0.194 e. The molecule has 0 unspecified atom stereocenters. The van der Waals surface area contributed by atoms with Crippen LogP contribution in [-0.2, 0) is 12.8 Å². The number of nitrogens with one attached hydrogen (secondary N) is 1. The van der Waals surface area contributed by atoms with Crippen LogP contribution in [0.1, 0.15) is 18.1 Å². The van der Waals surface area contributed by atoms with Gasteiger partial charge in [0.15, 0.2) is 5.96 Å². The topological polar surface area (TPSA) is 40.1 Å². The van der Waals surface area contributed by atoms with Gasteiger partial charge in [0.25, 0.3) is 0 Å². The van der Waals surface area contributed by atoms with E-state index < -0.39 is 0 Å². The number of thiophene rings is 1. The van der Waals surface area contributed by atoms with Gasteiger partial charge in [-0.3, -0.25) is 4.99 Å². The first-order valence-corrected chi connectivity index (χ1v) is 10.8. The van der Waals surface area contributed by atoms with E-state index in [0.717, 1.165) is 70.4 Å². The van der Waals surface area contributed by atoms with Crippen molar-refractivity contribution in [1.29, 1.82) is 0 Å². The Labute approximate surface area is 165 Å². The maximum absolute atomic E-state index is 5.60. The second-order valence-electron chi connectivity index (χ2n) is 6.95. The lowest BCUT2D eigenvalue weighted by Gasteiger charge is -2.37. The van der Waals surface area contributed by atoms with Crippen LogP contribution in [-0.4, -0.2) is 56.7 Å². The summed E-state index contributed by atoms with van der Waals surface area (Å²) in [6.45, 7) is 8.80. The molecule has 5 nitrogen and oxygen atoms in total. The maximum atomic E-state index is 5.60. The van der Waals surface area contributed by atoms with E-state index in [2.05, 4.69) is 57.8 Å². The second kappa shape index (κ2) is 8.65. The largest absolute Gasteiger partial charge is 0.493 e. The van der Waals surface area contributed by atoms with Gasteiger partial charge in [-0.15, -0.1) is 11.3 Å². The molecule has 0 atom stereocenters. The number of hydrogen-bond acceptors (Lipinski definition) is 4. The third-order valence-corrected chi connectivity index (χ3v) is 6.08. The van der Waals surface area contributed by atoms with Crippen LogP contribution in [0.3, 0.4) is 0 Å². The van der Waals surface area contributed by atoms with E-state index in [0.29, 0.717) is 0 Å². The van der Waals surface area contributed by atoms with Crippen LogP contribution >= 0.6 is 11.3 Å². The SMILES string of the molecule is CCNC(=NCCc1ccc2c(c1)CCO2)N1CCN(c2cccs2)CC1. The van der Waals surface area contributed by atoms with Crippen LogP contribution in [0.25, 0.3) is 0 Å². The number of nitrogens with zero attached hydrogens (tertiary/aromatic N) is 3. The minimum absolute atomic E-state index is 0.813. The summed E-state index contributed by atoms with van der Waals surface area (Å²) in [7, 11) is 0. The molecule has 4 rings (SSSR count). The molecule has 0 saturated carbocycles. The van der Waals surface area contributed by atoms with Gasteiger partial charge >= 0.3 is 0 Å². The lowest BCUT2D eigenvalue weighted by Crippen LogP contribution is -2.52. The molecule has 0 amide bonds. The summed E-state index contributed by atoms with van der Waals surface area (Å²) in [5, 5.41) is 6.99. The van der Waals surface area contributed by atoms with Crippen molar-refractivity contribution >= 4 is 22.3 Å². The Morgan fingerprint density at radius 1 is 1.22 bits per heavy atom. The van der Waals surface area contributed by atoms with Crippen molar-refractivity contribution < 1.29 is 4.74 Å². The first kappa shape index (κ1) is 18.2. The number of aliphatic imine (C=N–C) groups is 1. The highest BCUT2D eigenvalue weighted by molar-refractivity contribution is 7.14. The molecule has 2 aromatic rings. The molecular weight excluding hydrogens is 356 g/mol. The summed E-state index contributed by atoms with van der Waals surface area (Å²) in [5.74, 6) is 2.10. The molecule has 3 heterocycles. The average Bonchev–Trinajstić information content (AvgIpc) is 3.39. The Bertz CT molecular complexity index is 766. The number of fused-ring (bicyclic) bond motifs is 1. The fourth-order valence-corrected chi connectivity index (χ4v) is 4.49. The second-order valence-corrected chi connectivity index (χ2v) is 7.88. The highest BCUT2D eigenvalue weighted by Crippen LogP contribution is 2.26. The maximum Gasteiger partial charge on any atom is 0.194 e.